The van der Waals surface area contributed by atoms with Crippen LogP contribution in [0.25, 0.3) is 0 Å². The lowest BCUT2D eigenvalue weighted by Crippen LogP contribution is -2.42. The number of carbonyl (C=O) groups excluding carboxylic acids is 1. The van der Waals surface area contributed by atoms with E-state index in [0.717, 1.165) is 18.4 Å². The Hall–Kier alpha value is -0.930. The number of carbonyl (C=O) groups is 1. The van der Waals surface area contributed by atoms with Gasteiger partial charge in [-0.3, -0.25) is 4.79 Å². The van der Waals surface area contributed by atoms with E-state index < -0.39 is 5.92 Å². The highest BCUT2D eigenvalue weighted by Gasteiger charge is 2.37. The molecule has 90 valence electrons. The van der Waals surface area contributed by atoms with Crippen LogP contribution in [-0.2, 0) is 4.79 Å². The maximum Gasteiger partial charge on any atom is 0.249 e. The molecule has 0 aliphatic heterocycles. The topological polar surface area (TPSA) is 20.3 Å². The van der Waals surface area contributed by atoms with Crippen molar-refractivity contribution in [2.45, 2.75) is 50.5 Å². The fourth-order valence-corrected chi connectivity index (χ4v) is 2.29. The van der Waals surface area contributed by atoms with Gasteiger partial charge in [-0.15, -0.1) is 0 Å². The van der Waals surface area contributed by atoms with Gasteiger partial charge < -0.3 is 4.90 Å². The number of alkyl halides is 2. The first-order valence-corrected chi connectivity index (χ1v) is 5.84. The third-order valence-corrected chi connectivity index (χ3v) is 3.63. The molecule has 1 saturated carbocycles. The van der Waals surface area contributed by atoms with E-state index in [9.17, 15) is 13.6 Å². The smallest absolute Gasteiger partial charge is 0.249 e. The van der Waals surface area contributed by atoms with Gasteiger partial charge in [-0.2, -0.15) is 0 Å². The van der Waals surface area contributed by atoms with Gasteiger partial charge in [0.2, 0.25) is 11.8 Å². The summed E-state index contributed by atoms with van der Waals surface area (Å²) in [7, 11) is 1.73. The highest BCUT2D eigenvalue weighted by molar-refractivity contribution is 5.94. The molecule has 0 radical (unpaired) electrons. The Morgan fingerprint density at radius 1 is 1.44 bits per heavy atom. The molecule has 2 rings (SSSR count). The molecule has 0 spiro atoms. The Balaban J connectivity index is 1.91. The van der Waals surface area contributed by atoms with E-state index in [1.165, 1.54) is 0 Å². The predicted octanol–water partition coefficient (Wildman–Crippen LogP) is 2.74. The lowest BCUT2D eigenvalue weighted by molar-refractivity contribution is -0.131. The summed E-state index contributed by atoms with van der Waals surface area (Å²) in [5.41, 5.74) is 0.847. The molecule has 0 N–H and O–H groups in total. The molecule has 4 heteroatoms. The molecule has 2 aliphatic carbocycles. The second-order valence-corrected chi connectivity index (χ2v) is 4.77. The lowest BCUT2D eigenvalue weighted by Gasteiger charge is -2.35. The van der Waals surface area contributed by atoms with Gasteiger partial charge in [-0.1, -0.05) is 6.08 Å². The minimum Gasteiger partial charge on any atom is -0.339 e. The third-order valence-electron chi connectivity index (χ3n) is 3.63. The molecule has 0 bridgehead atoms. The van der Waals surface area contributed by atoms with Crippen molar-refractivity contribution >= 4 is 5.91 Å². The average molecular weight is 229 g/mol. The molecule has 1 amide bonds. The number of hydrogen-bond acceptors (Lipinski definition) is 1. The van der Waals surface area contributed by atoms with E-state index in [4.69, 9.17) is 0 Å². The fourth-order valence-electron chi connectivity index (χ4n) is 2.29. The first kappa shape index (κ1) is 11.6. The Morgan fingerprint density at radius 2 is 2.00 bits per heavy atom. The minimum absolute atomic E-state index is 0.00590. The fraction of sp³-hybridized carbons (Fsp3) is 0.750. The standard InChI is InChI=1S/C12H17F2NO/c1-15(11(16)9-3-2-4-9)10-5-7-12(13,14)8-6-10/h3,10H,2,4-8H2,1H3. The van der Waals surface area contributed by atoms with Crippen molar-refractivity contribution in [3.8, 4) is 0 Å². The van der Waals surface area contributed by atoms with Gasteiger partial charge in [-0.25, -0.2) is 8.78 Å². The van der Waals surface area contributed by atoms with E-state index in [-0.39, 0.29) is 24.8 Å². The van der Waals surface area contributed by atoms with Crippen molar-refractivity contribution in [3.63, 3.8) is 0 Å². The Kier molecular flexibility index (Phi) is 3.00. The van der Waals surface area contributed by atoms with Gasteiger partial charge in [0, 0.05) is 31.5 Å². The zero-order chi connectivity index (χ0) is 11.8. The van der Waals surface area contributed by atoms with E-state index in [2.05, 4.69) is 0 Å². The molecule has 0 aromatic carbocycles. The summed E-state index contributed by atoms with van der Waals surface area (Å²) in [6.45, 7) is 0. The van der Waals surface area contributed by atoms with Crippen LogP contribution >= 0.6 is 0 Å². The summed E-state index contributed by atoms with van der Waals surface area (Å²) in [5.74, 6) is -2.49. The molecule has 0 atom stereocenters. The molecular weight excluding hydrogens is 212 g/mol. The average Bonchev–Trinajstić information content (AvgIpc) is 2.14. The highest BCUT2D eigenvalue weighted by Crippen LogP contribution is 2.35. The Bertz CT molecular complexity index is 315. The zero-order valence-corrected chi connectivity index (χ0v) is 9.51. The molecule has 0 unspecified atom stereocenters. The largest absolute Gasteiger partial charge is 0.339 e. The summed E-state index contributed by atoms with van der Waals surface area (Å²) in [6.07, 6.45) is 4.40. The van der Waals surface area contributed by atoms with Crippen LogP contribution in [0.1, 0.15) is 38.5 Å². The molecular formula is C12H17F2NO. The van der Waals surface area contributed by atoms with Gasteiger partial charge >= 0.3 is 0 Å². The number of halogens is 2. The maximum absolute atomic E-state index is 13.0. The van der Waals surface area contributed by atoms with Gasteiger partial charge in [0.25, 0.3) is 0 Å². The van der Waals surface area contributed by atoms with Crippen LogP contribution in [0.15, 0.2) is 11.6 Å². The van der Waals surface area contributed by atoms with E-state index >= 15 is 0 Å². The Labute approximate surface area is 94.3 Å². The quantitative estimate of drug-likeness (QED) is 0.713. The summed E-state index contributed by atoms with van der Waals surface area (Å²) in [5, 5.41) is 0. The van der Waals surface area contributed by atoms with Crippen LogP contribution in [-0.4, -0.2) is 29.8 Å². The van der Waals surface area contributed by atoms with Gasteiger partial charge in [0.1, 0.15) is 0 Å². The van der Waals surface area contributed by atoms with Crippen molar-refractivity contribution in [2.24, 2.45) is 0 Å². The molecule has 0 heterocycles. The van der Waals surface area contributed by atoms with Crippen LogP contribution in [0, 0.1) is 0 Å². The summed E-state index contributed by atoms with van der Waals surface area (Å²) in [6, 6.07) is -0.00590. The van der Waals surface area contributed by atoms with Gasteiger partial charge in [-0.05, 0) is 25.7 Å². The first-order valence-electron chi connectivity index (χ1n) is 5.84. The van der Waals surface area contributed by atoms with E-state index in [1.54, 1.807) is 11.9 Å². The summed E-state index contributed by atoms with van der Waals surface area (Å²) < 4.78 is 25.9. The number of likely N-dealkylation sites (N-methyl/N-ethyl adjacent to an activating group) is 1. The number of hydrogen-bond donors (Lipinski definition) is 0. The van der Waals surface area contributed by atoms with Crippen molar-refractivity contribution < 1.29 is 13.6 Å². The zero-order valence-electron chi connectivity index (χ0n) is 9.51. The second-order valence-electron chi connectivity index (χ2n) is 4.77. The van der Waals surface area contributed by atoms with Crippen molar-refractivity contribution in [1.82, 2.24) is 4.90 Å². The first-order chi connectivity index (χ1) is 7.49. The van der Waals surface area contributed by atoms with Gasteiger partial charge in [0.15, 0.2) is 0 Å². The van der Waals surface area contributed by atoms with E-state index in [0.29, 0.717) is 12.8 Å². The maximum atomic E-state index is 13.0. The second kappa shape index (κ2) is 4.15. The van der Waals surface area contributed by atoms with Crippen molar-refractivity contribution in [3.05, 3.63) is 11.6 Å². The minimum atomic E-state index is -2.52. The number of rotatable bonds is 2. The summed E-state index contributed by atoms with van der Waals surface area (Å²) >= 11 is 0. The molecule has 1 fully saturated rings. The molecule has 0 saturated heterocycles. The molecule has 2 aliphatic rings. The molecule has 16 heavy (non-hydrogen) atoms. The SMILES string of the molecule is CN(C(=O)C1=CCC1)C1CCC(F)(F)CC1. The predicted molar refractivity (Wildman–Crippen MR) is 57.3 cm³/mol. The summed E-state index contributed by atoms with van der Waals surface area (Å²) in [4.78, 5) is 13.5. The van der Waals surface area contributed by atoms with Crippen molar-refractivity contribution in [1.29, 1.82) is 0 Å². The molecule has 0 aromatic heterocycles. The van der Waals surface area contributed by atoms with Crippen molar-refractivity contribution in [2.75, 3.05) is 7.05 Å². The lowest BCUT2D eigenvalue weighted by atomic mass is 9.90. The monoisotopic (exact) mass is 229 g/mol. The molecule has 2 nitrogen and oxygen atoms in total. The van der Waals surface area contributed by atoms with Gasteiger partial charge in [0.05, 0.1) is 0 Å². The van der Waals surface area contributed by atoms with Crippen LogP contribution in [0.5, 0.6) is 0 Å². The number of amides is 1. The Morgan fingerprint density at radius 3 is 2.44 bits per heavy atom. The van der Waals surface area contributed by atoms with Crippen LogP contribution in [0.4, 0.5) is 8.78 Å². The van der Waals surface area contributed by atoms with Crippen LogP contribution in [0.3, 0.4) is 0 Å². The highest BCUT2D eigenvalue weighted by atomic mass is 19.3. The van der Waals surface area contributed by atoms with Crippen LogP contribution < -0.4 is 0 Å². The van der Waals surface area contributed by atoms with Crippen LogP contribution in [0.2, 0.25) is 0 Å². The normalized spacial score (nSPS) is 24.6. The number of allylic oxidation sites excluding steroid dienone is 1. The third kappa shape index (κ3) is 2.25. The number of nitrogens with zero attached hydrogens (tertiary/aromatic N) is 1. The van der Waals surface area contributed by atoms with E-state index in [1.807, 2.05) is 6.08 Å². The molecule has 0 aromatic rings.